The molecule has 0 saturated heterocycles. The summed E-state index contributed by atoms with van der Waals surface area (Å²) in [6.45, 7) is 19.8. The molecule has 68 heavy (non-hydrogen) atoms. The Morgan fingerprint density at radius 1 is 0.676 bits per heavy atom. The van der Waals surface area contributed by atoms with Crippen molar-refractivity contribution in [3.05, 3.63) is 198 Å². The van der Waals surface area contributed by atoms with E-state index in [1.54, 1.807) is 0 Å². The summed E-state index contributed by atoms with van der Waals surface area (Å²) in [6, 6.07) is 46.5. The van der Waals surface area contributed by atoms with Gasteiger partial charge in [-0.3, -0.25) is 4.57 Å². The number of aromatic nitrogens is 4. The molecule has 0 aliphatic carbocycles. The molecule has 0 unspecified atom stereocenters. The van der Waals surface area contributed by atoms with Crippen molar-refractivity contribution in [1.82, 2.24) is 14.1 Å². The van der Waals surface area contributed by atoms with Crippen LogP contribution in [0.15, 0.2) is 158 Å². The molecule has 344 valence electrons. The Bertz CT molecular complexity index is 3700. The molecule has 3 heterocycles. The third kappa shape index (κ3) is 8.63. The quantitative estimate of drug-likeness (QED) is 0.101. The zero-order chi connectivity index (χ0) is 51.0. The SMILES string of the molecule is [2H]c1c([2H])c([2H])c(-c2cccc(-c3cc(C(C)(C)C)cc(C(C)(C)C)c3)c2-[n+]2[c-]n(-c3[c-]c(Oc4[c-]c5c(cc4)c4ccccc4n5-c4cc(C(CC)CC)ccn4)ccc3)c3cccc(C)c32)c([2H])c1[2H].[Pt]. The minimum Gasteiger partial charge on any atom is -0.510 e. The molecule has 0 bridgehead atoms. The molecule has 6 heteroatoms. The number of hydrogen-bond acceptors (Lipinski definition) is 2. The second kappa shape index (κ2) is 18.5. The Morgan fingerprint density at radius 3 is 2.06 bits per heavy atom. The number of ether oxygens (including phenoxy) is 1. The number of fused-ring (bicyclic) bond motifs is 4. The minimum absolute atomic E-state index is 0. The Kier molecular flexibility index (Phi) is 11.0. The number of hydrogen-bond donors (Lipinski definition) is 0. The summed E-state index contributed by atoms with van der Waals surface area (Å²) < 4.78 is 57.3. The molecule has 7 aromatic carbocycles. The number of para-hydroxylation sites is 3. The van der Waals surface area contributed by atoms with Crippen molar-refractivity contribution in [2.45, 2.75) is 91.9 Å². The van der Waals surface area contributed by atoms with E-state index in [9.17, 15) is 2.74 Å². The number of aryl methyl sites for hydroxylation is 1. The second-order valence-electron chi connectivity index (χ2n) is 19.6. The normalized spacial score (nSPS) is 13.1. The van der Waals surface area contributed by atoms with E-state index in [-0.39, 0.29) is 49.5 Å². The minimum atomic E-state index is -0.442. The molecule has 0 spiro atoms. The monoisotopic (exact) mass is 1070 g/mol. The Balaban J connectivity index is 0.00000656. The van der Waals surface area contributed by atoms with Gasteiger partial charge in [-0.25, -0.2) is 4.98 Å². The van der Waals surface area contributed by atoms with Crippen molar-refractivity contribution in [2.75, 3.05) is 0 Å². The fourth-order valence-corrected chi connectivity index (χ4v) is 9.40. The van der Waals surface area contributed by atoms with E-state index in [1.807, 2.05) is 76.9 Å². The van der Waals surface area contributed by atoms with Gasteiger partial charge in [0.15, 0.2) is 0 Å². The summed E-state index contributed by atoms with van der Waals surface area (Å²) in [5.41, 5.74) is 11.3. The van der Waals surface area contributed by atoms with Crippen LogP contribution >= 0.6 is 0 Å². The van der Waals surface area contributed by atoms with Crippen LogP contribution in [0.25, 0.3) is 72.3 Å². The van der Waals surface area contributed by atoms with E-state index in [2.05, 4.69) is 145 Å². The van der Waals surface area contributed by atoms with Gasteiger partial charge in [-0.1, -0.05) is 164 Å². The molecule has 0 aliphatic heterocycles. The van der Waals surface area contributed by atoms with Crippen molar-refractivity contribution in [2.24, 2.45) is 0 Å². The van der Waals surface area contributed by atoms with E-state index in [1.165, 1.54) is 5.56 Å². The summed E-state index contributed by atoms with van der Waals surface area (Å²) in [4.78, 5) is 4.88. The van der Waals surface area contributed by atoms with Crippen molar-refractivity contribution < 1.29 is 37.2 Å². The van der Waals surface area contributed by atoms with Gasteiger partial charge in [0.1, 0.15) is 5.82 Å². The zero-order valence-electron chi connectivity index (χ0n) is 45.1. The van der Waals surface area contributed by atoms with Crippen LogP contribution < -0.4 is 9.30 Å². The summed E-state index contributed by atoms with van der Waals surface area (Å²) in [5, 5.41) is 2.15. The van der Waals surface area contributed by atoms with Crippen LogP contribution in [-0.4, -0.2) is 14.1 Å². The van der Waals surface area contributed by atoms with Crippen molar-refractivity contribution in [3.8, 4) is 50.9 Å². The van der Waals surface area contributed by atoms with E-state index in [4.69, 9.17) is 13.8 Å². The average Bonchev–Trinajstić information content (AvgIpc) is 3.92. The fourth-order valence-electron chi connectivity index (χ4n) is 9.40. The number of benzene rings is 7. The van der Waals surface area contributed by atoms with Crippen LogP contribution in [0, 0.1) is 25.4 Å². The first-order valence-corrected chi connectivity index (χ1v) is 23.3. The van der Waals surface area contributed by atoms with Gasteiger partial charge in [0.2, 0.25) is 0 Å². The molecule has 3 aromatic heterocycles. The maximum absolute atomic E-state index is 9.24. The van der Waals surface area contributed by atoms with Crippen LogP contribution in [0.5, 0.6) is 11.5 Å². The smallest absolute Gasteiger partial charge is 0.268 e. The van der Waals surface area contributed by atoms with Gasteiger partial charge < -0.3 is 13.9 Å². The predicted molar refractivity (Wildman–Crippen MR) is 276 cm³/mol. The number of imidazole rings is 1. The maximum atomic E-state index is 9.24. The van der Waals surface area contributed by atoms with Crippen molar-refractivity contribution in [3.63, 3.8) is 0 Å². The molecular formula is C62H58N4OPt-2. The molecule has 10 aromatic rings. The summed E-state index contributed by atoms with van der Waals surface area (Å²) in [5.74, 6) is 2.26. The first kappa shape index (κ1) is 40.5. The Labute approximate surface area is 423 Å². The third-order valence-corrected chi connectivity index (χ3v) is 13.1. The molecule has 5 nitrogen and oxygen atoms in total. The predicted octanol–water partition coefficient (Wildman–Crippen LogP) is 15.7. The Hall–Kier alpha value is -6.55. The van der Waals surface area contributed by atoms with E-state index >= 15 is 0 Å². The van der Waals surface area contributed by atoms with Gasteiger partial charge in [-0.05, 0) is 110 Å². The van der Waals surface area contributed by atoms with E-state index in [0.717, 1.165) is 79.3 Å². The number of nitrogens with zero attached hydrogens (tertiary/aromatic N) is 4. The van der Waals surface area contributed by atoms with Crippen LogP contribution in [0.4, 0.5) is 0 Å². The summed E-state index contributed by atoms with van der Waals surface area (Å²) in [7, 11) is 0. The summed E-state index contributed by atoms with van der Waals surface area (Å²) >= 11 is 0. The topological polar surface area (TPSA) is 35.9 Å². The van der Waals surface area contributed by atoms with Crippen molar-refractivity contribution in [1.29, 1.82) is 0 Å². The van der Waals surface area contributed by atoms with Crippen molar-refractivity contribution >= 4 is 32.8 Å². The fraction of sp³-hybridized carbons (Fsp3) is 0.226. The van der Waals surface area contributed by atoms with Crippen LogP contribution in [-0.2, 0) is 31.9 Å². The summed E-state index contributed by atoms with van der Waals surface area (Å²) in [6.07, 6.45) is 7.70. The largest absolute Gasteiger partial charge is 0.510 e. The van der Waals surface area contributed by atoms with Gasteiger partial charge in [-0.15, -0.1) is 29.7 Å². The molecule has 0 aliphatic rings. The molecule has 0 radical (unpaired) electrons. The number of rotatable bonds is 10. The van der Waals surface area contributed by atoms with Crippen LogP contribution in [0.3, 0.4) is 0 Å². The molecule has 0 N–H and O–H groups in total. The molecule has 0 fully saturated rings. The van der Waals surface area contributed by atoms with Crippen LogP contribution in [0.2, 0.25) is 0 Å². The standard InChI is InChI=1S/C62H58N4O.Pt/c1-10-42(11-2)44-32-33-63-58(36-44)66-55-28-16-15-25-53(55)54-31-30-50(39-57(54)66)67-49-24-18-23-48(38-49)64-40-65(59-41(3)20-17-29-56(59)64)60-51(43-21-13-12-14-22-43)26-19-27-52(60)45-34-46(61(4,5)6)37-47(35-45)62(7,8)9;/h12-37,42H,10-11H2,1-9H3;/q-2;/i12D,13D,14D,21D,22D;. The first-order chi connectivity index (χ1) is 34.4. The molecule has 0 atom stereocenters. The molecular weight excluding hydrogens is 1010 g/mol. The van der Waals surface area contributed by atoms with Gasteiger partial charge in [-0.2, -0.15) is 18.2 Å². The zero-order valence-corrected chi connectivity index (χ0v) is 42.4. The molecule has 0 saturated carbocycles. The average molecular weight is 1080 g/mol. The van der Waals surface area contributed by atoms with Gasteiger partial charge >= 0.3 is 0 Å². The van der Waals surface area contributed by atoms with E-state index < -0.39 is 18.1 Å². The molecule has 10 rings (SSSR count). The third-order valence-electron chi connectivity index (χ3n) is 13.1. The number of pyridine rings is 1. The van der Waals surface area contributed by atoms with Gasteiger partial charge in [0, 0.05) is 44.3 Å². The first-order valence-electron chi connectivity index (χ1n) is 25.8. The molecule has 0 amide bonds. The van der Waals surface area contributed by atoms with Gasteiger partial charge in [0.25, 0.3) is 6.33 Å². The maximum Gasteiger partial charge on any atom is 0.268 e. The Morgan fingerprint density at radius 2 is 1.34 bits per heavy atom. The second-order valence-corrected chi connectivity index (χ2v) is 19.6. The van der Waals surface area contributed by atoms with Crippen LogP contribution in [0.1, 0.15) is 103 Å². The van der Waals surface area contributed by atoms with E-state index in [0.29, 0.717) is 34.4 Å². The van der Waals surface area contributed by atoms with Gasteiger partial charge in [0.05, 0.1) is 23.6 Å².